The lowest BCUT2D eigenvalue weighted by Gasteiger charge is -2.10. The van der Waals surface area contributed by atoms with E-state index in [-0.39, 0.29) is 11.7 Å². The lowest BCUT2D eigenvalue weighted by molar-refractivity contribution is -0.135. The minimum absolute atomic E-state index is 0.0627. The summed E-state index contributed by atoms with van der Waals surface area (Å²) in [5.74, 6) is 0.159. The number of hydrogen-bond donors (Lipinski definition) is 1. The Hall–Kier alpha value is -2.48. The van der Waals surface area contributed by atoms with Gasteiger partial charge in [-0.25, -0.2) is 4.79 Å². The number of esters is 1. The zero-order valence-corrected chi connectivity index (χ0v) is 11.8. The van der Waals surface area contributed by atoms with Gasteiger partial charge in [0, 0.05) is 12.7 Å². The summed E-state index contributed by atoms with van der Waals surface area (Å²) in [6.45, 7) is 4.44. The maximum Gasteiger partial charge on any atom is 0.350 e. The number of methoxy groups -OCH3 is 1. The summed E-state index contributed by atoms with van der Waals surface area (Å²) in [6, 6.07) is 9.37. The van der Waals surface area contributed by atoms with Gasteiger partial charge < -0.3 is 14.8 Å². The van der Waals surface area contributed by atoms with Crippen LogP contribution in [0.4, 0.5) is 0 Å². The maximum absolute atomic E-state index is 11.2. The Morgan fingerprint density at radius 1 is 1.40 bits per heavy atom. The predicted octanol–water partition coefficient (Wildman–Crippen LogP) is 2.14. The largest absolute Gasteiger partial charge is 0.491 e. The van der Waals surface area contributed by atoms with Gasteiger partial charge in [0.2, 0.25) is 0 Å². The van der Waals surface area contributed by atoms with Gasteiger partial charge in [-0.3, -0.25) is 0 Å². The third-order valence-electron chi connectivity index (χ3n) is 2.37. The van der Waals surface area contributed by atoms with E-state index in [1.54, 1.807) is 6.07 Å². The fourth-order valence-electron chi connectivity index (χ4n) is 1.48. The number of carbonyl (C=O) groups is 1. The molecule has 0 amide bonds. The standard InChI is InChI=1S/C15H18N2O3/c1-11(2)20-14-6-4-12(5-7-14)9-17-10-13(8-16)15(18)19-3/h4-7,10-11,17H,9H2,1-3H3/b13-10-. The van der Waals surface area contributed by atoms with Gasteiger partial charge in [-0.1, -0.05) is 12.1 Å². The first-order chi connectivity index (χ1) is 9.56. The van der Waals surface area contributed by atoms with E-state index in [2.05, 4.69) is 10.1 Å². The molecule has 0 heterocycles. The second-order valence-corrected chi connectivity index (χ2v) is 4.35. The first-order valence-electron chi connectivity index (χ1n) is 6.24. The van der Waals surface area contributed by atoms with E-state index in [0.29, 0.717) is 6.54 Å². The number of nitrogens with one attached hydrogen (secondary N) is 1. The van der Waals surface area contributed by atoms with Crippen molar-refractivity contribution in [3.05, 3.63) is 41.6 Å². The Morgan fingerprint density at radius 3 is 2.55 bits per heavy atom. The van der Waals surface area contributed by atoms with Crippen LogP contribution in [0.5, 0.6) is 5.75 Å². The molecule has 1 N–H and O–H groups in total. The number of carbonyl (C=O) groups excluding carboxylic acids is 1. The highest BCUT2D eigenvalue weighted by Gasteiger charge is 2.07. The van der Waals surface area contributed by atoms with E-state index in [4.69, 9.17) is 10.00 Å². The van der Waals surface area contributed by atoms with Gasteiger partial charge in [0.25, 0.3) is 0 Å². The first-order valence-corrected chi connectivity index (χ1v) is 6.24. The summed E-state index contributed by atoms with van der Waals surface area (Å²) in [7, 11) is 1.24. The maximum atomic E-state index is 11.2. The summed E-state index contributed by atoms with van der Waals surface area (Å²) < 4.78 is 10.0. The summed E-state index contributed by atoms with van der Waals surface area (Å²) in [5.41, 5.74) is 0.951. The molecule has 0 aliphatic heterocycles. The SMILES string of the molecule is COC(=O)/C(C#N)=C\NCc1ccc(OC(C)C)cc1. The van der Waals surface area contributed by atoms with E-state index < -0.39 is 5.97 Å². The number of hydrogen-bond acceptors (Lipinski definition) is 5. The predicted molar refractivity (Wildman–Crippen MR) is 74.8 cm³/mol. The average molecular weight is 274 g/mol. The van der Waals surface area contributed by atoms with Gasteiger partial charge in [-0.15, -0.1) is 0 Å². The third kappa shape index (κ3) is 5.02. The topological polar surface area (TPSA) is 71.4 Å². The van der Waals surface area contributed by atoms with Crippen molar-refractivity contribution in [2.24, 2.45) is 0 Å². The zero-order chi connectivity index (χ0) is 15.0. The van der Waals surface area contributed by atoms with Gasteiger partial charge in [-0.2, -0.15) is 5.26 Å². The lowest BCUT2D eigenvalue weighted by Crippen LogP contribution is -2.11. The Kier molecular flexibility index (Phi) is 6.11. The minimum Gasteiger partial charge on any atom is -0.491 e. The molecule has 1 rings (SSSR count). The molecule has 106 valence electrons. The fraction of sp³-hybridized carbons (Fsp3) is 0.333. The fourth-order valence-corrected chi connectivity index (χ4v) is 1.48. The van der Waals surface area contributed by atoms with Crippen LogP contribution in [0.1, 0.15) is 19.4 Å². The molecule has 5 nitrogen and oxygen atoms in total. The van der Waals surface area contributed by atoms with Gasteiger partial charge in [-0.05, 0) is 31.5 Å². The average Bonchev–Trinajstić information content (AvgIpc) is 2.44. The molecule has 0 atom stereocenters. The van der Waals surface area contributed by atoms with E-state index in [0.717, 1.165) is 11.3 Å². The summed E-state index contributed by atoms with van der Waals surface area (Å²) in [4.78, 5) is 11.2. The molecule has 20 heavy (non-hydrogen) atoms. The Balaban J connectivity index is 2.56. The van der Waals surface area contributed by atoms with Gasteiger partial charge in [0.15, 0.2) is 5.57 Å². The Morgan fingerprint density at radius 2 is 2.05 bits per heavy atom. The quantitative estimate of drug-likeness (QED) is 0.489. The van der Waals surface area contributed by atoms with Crippen molar-refractivity contribution in [1.82, 2.24) is 5.32 Å². The molecule has 0 radical (unpaired) electrons. The third-order valence-corrected chi connectivity index (χ3v) is 2.37. The monoisotopic (exact) mass is 274 g/mol. The van der Waals surface area contributed by atoms with E-state index in [1.165, 1.54) is 13.3 Å². The van der Waals surface area contributed by atoms with Crippen LogP contribution in [-0.4, -0.2) is 19.2 Å². The molecule has 1 aromatic rings. The highest BCUT2D eigenvalue weighted by Crippen LogP contribution is 2.13. The Bertz CT molecular complexity index is 513. The normalized spacial score (nSPS) is 10.8. The van der Waals surface area contributed by atoms with E-state index in [9.17, 15) is 4.79 Å². The van der Waals surface area contributed by atoms with Crippen LogP contribution >= 0.6 is 0 Å². The summed E-state index contributed by atoms with van der Waals surface area (Å²) >= 11 is 0. The van der Waals surface area contributed by atoms with Gasteiger partial charge in [0.1, 0.15) is 11.8 Å². The van der Waals surface area contributed by atoms with Crippen molar-refractivity contribution in [2.45, 2.75) is 26.5 Å². The first kappa shape index (κ1) is 15.6. The summed E-state index contributed by atoms with van der Waals surface area (Å²) in [6.07, 6.45) is 1.49. The van der Waals surface area contributed by atoms with Crippen molar-refractivity contribution in [2.75, 3.05) is 7.11 Å². The number of ether oxygens (including phenoxy) is 2. The molecule has 0 aliphatic rings. The van der Waals surface area contributed by atoms with Gasteiger partial charge >= 0.3 is 5.97 Å². The Labute approximate surface area is 118 Å². The molecule has 0 aliphatic carbocycles. The molecular weight excluding hydrogens is 256 g/mol. The highest BCUT2D eigenvalue weighted by atomic mass is 16.5. The molecule has 1 aromatic carbocycles. The highest BCUT2D eigenvalue weighted by molar-refractivity contribution is 5.92. The van der Waals surface area contributed by atoms with Crippen LogP contribution in [0.2, 0.25) is 0 Å². The van der Waals surface area contributed by atoms with Crippen molar-refractivity contribution in [3.63, 3.8) is 0 Å². The molecule has 0 unspecified atom stereocenters. The minimum atomic E-state index is -0.652. The van der Waals surface area contributed by atoms with Crippen molar-refractivity contribution in [1.29, 1.82) is 5.26 Å². The van der Waals surface area contributed by atoms with Crippen LogP contribution < -0.4 is 10.1 Å². The lowest BCUT2D eigenvalue weighted by atomic mass is 10.2. The zero-order valence-electron chi connectivity index (χ0n) is 11.8. The second-order valence-electron chi connectivity index (χ2n) is 4.35. The van der Waals surface area contributed by atoms with E-state index in [1.807, 2.05) is 38.1 Å². The molecule has 0 saturated heterocycles. The van der Waals surface area contributed by atoms with Crippen molar-refractivity contribution >= 4 is 5.97 Å². The van der Waals surface area contributed by atoms with E-state index >= 15 is 0 Å². The smallest absolute Gasteiger partial charge is 0.350 e. The molecule has 0 saturated carbocycles. The molecule has 5 heteroatoms. The van der Waals surface area contributed by atoms with Crippen LogP contribution in [0.25, 0.3) is 0 Å². The number of nitrogens with zero attached hydrogens (tertiary/aromatic N) is 1. The number of rotatable bonds is 6. The van der Waals surface area contributed by atoms with Crippen molar-refractivity contribution in [3.8, 4) is 11.8 Å². The summed E-state index contributed by atoms with van der Waals surface area (Å²) in [5, 5.41) is 11.7. The second kappa shape index (κ2) is 7.85. The molecule has 0 spiro atoms. The van der Waals surface area contributed by atoms with Crippen molar-refractivity contribution < 1.29 is 14.3 Å². The number of nitriles is 1. The van der Waals surface area contributed by atoms with Crippen LogP contribution in [0, 0.1) is 11.3 Å². The van der Waals surface area contributed by atoms with Crippen LogP contribution in [0.15, 0.2) is 36.0 Å². The molecular formula is C15H18N2O3. The molecule has 0 aromatic heterocycles. The molecule has 0 fully saturated rings. The number of benzene rings is 1. The van der Waals surface area contributed by atoms with Gasteiger partial charge in [0.05, 0.1) is 13.2 Å². The molecule has 0 bridgehead atoms. The van der Waals surface area contributed by atoms with Crippen LogP contribution in [-0.2, 0) is 16.1 Å². The van der Waals surface area contributed by atoms with Crippen LogP contribution in [0.3, 0.4) is 0 Å².